The molecule has 6 nitrogen and oxygen atoms in total. The first-order valence-electron chi connectivity index (χ1n) is 12.7. The zero-order valence-electron chi connectivity index (χ0n) is 21.2. The average molecular weight is 523 g/mol. The molecule has 1 heterocycles. The Balaban J connectivity index is 0.00000380. The van der Waals surface area contributed by atoms with E-state index < -0.39 is 11.6 Å². The highest BCUT2D eigenvalue weighted by Crippen LogP contribution is 2.33. The zero-order chi connectivity index (χ0) is 25.2. The maximum absolute atomic E-state index is 13.4. The van der Waals surface area contributed by atoms with Crippen LogP contribution in [-0.2, 0) is 21.7 Å². The molecule has 0 unspecified atom stereocenters. The highest BCUT2D eigenvalue weighted by atomic mass is 32.1. The summed E-state index contributed by atoms with van der Waals surface area (Å²) in [5, 5.41) is 11.8. The largest absolute Gasteiger partial charge is 0.494 e. The molecule has 1 fully saturated rings. The van der Waals surface area contributed by atoms with Crippen molar-refractivity contribution in [3.63, 3.8) is 0 Å². The maximum Gasteiger partial charge on any atom is 0.347 e. The number of carbonyl (C=O) groups excluding carboxylic acids is 1. The number of piperidine rings is 1. The minimum atomic E-state index is -1.93. The van der Waals surface area contributed by atoms with E-state index in [1.807, 2.05) is 12.1 Å². The molecule has 1 aliphatic rings. The lowest BCUT2D eigenvalue weighted by atomic mass is 9.86. The number of nitrogens with two attached hydrogens (primary N) is 1. The summed E-state index contributed by atoms with van der Waals surface area (Å²) in [6.07, 6.45) is 2.63. The maximum atomic E-state index is 13.4. The number of carbonyl (C=O) groups is 1. The van der Waals surface area contributed by atoms with Crippen molar-refractivity contribution >= 4 is 19.5 Å². The predicted molar refractivity (Wildman–Crippen MR) is 151 cm³/mol. The molecule has 0 bridgehead atoms. The molecule has 4 rings (SSSR count). The van der Waals surface area contributed by atoms with Gasteiger partial charge in [-0.05, 0) is 68.1 Å². The third kappa shape index (κ3) is 7.58. The molecule has 3 aromatic carbocycles. The Hall–Kier alpha value is -2.84. The van der Waals surface area contributed by atoms with E-state index in [-0.39, 0.29) is 19.4 Å². The van der Waals surface area contributed by atoms with Gasteiger partial charge in [-0.25, -0.2) is 4.79 Å². The molecule has 0 amide bonds. The van der Waals surface area contributed by atoms with Gasteiger partial charge >= 0.3 is 5.97 Å². The number of benzene rings is 3. The van der Waals surface area contributed by atoms with E-state index in [1.165, 1.54) is 5.56 Å². The van der Waals surface area contributed by atoms with Crippen LogP contribution in [-0.4, -0.2) is 48.8 Å². The van der Waals surface area contributed by atoms with Crippen LogP contribution in [0.5, 0.6) is 5.75 Å². The lowest BCUT2D eigenvalue weighted by Gasteiger charge is -2.33. The standard InChI is InChI=1S/C30H36N2O4.H2S/c31-17-8-20-35-28-14-7-13-27(21-28)30(34,26-11-5-2-6-12-26)29(33)36-23-25-15-18-32(19-16-25)22-24-9-3-1-4-10-24;/h1-7,9-14,21,25,34H,8,15-20,22-23,31H2;1H2/t30-;/m0./s1. The first-order chi connectivity index (χ1) is 17.6. The SMILES string of the molecule is NCCCOc1cccc([C@](O)(C(=O)OCC2CCN(Cc3ccccc3)CC2)c2ccccc2)c1.S. The van der Waals surface area contributed by atoms with Crippen molar-refractivity contribution in [1.82, 2.24) is 4.90 Å². The van der Waals surface area contributed by atoms with Gasteiger partial charge in [-0.1, -0.05) is 72.8 Å². The van der Waals surface area contributed by atoms with Crippen molar-refractivity contribution in [2.24, 2.45) is 11.7 Å². The van der Waals surface area contributed by atoms with Crippen LogP contribution in [0.3, 0.4) is 0 Å². The van der Waals surface area contributed by atoms with Crippen LogP contribution in [0.4, 0.5) is 0 Å². The molecule has 1 atom stereocenters. The summed E-state index contributed by atoms with van der Waals surface area (Å²) in [7, 11) is 0. The monoisotopic (exact) mass is 522 g/mol. The fraction of sp³-hybridized carbons (Fsp3) is 0.367. The average Bonchev–Trinajstić information content (AvgIpc) is 2.93. The van der Waals surface area contributed by atoms with Crippen LogP contribution in [0, 0.1) is 5.92 Å². The summed E-state index contributed by atoms with van der Waals surface area (Å²) in [4.78, 5) is 15.9. The van der Waals surface area contributed by atoms with E-state index >= 15 is 0 Å². The summed E-state index contributed by atoms with van der Waals surface area (Å²) in [5.41, 5.74) is 5.83. The van der Waals surface area contributed by atoms with Gasteiger partial charge in [-0.15, -0.1) is 0 Å². The Labute approximate surface area is 226 Å². The molecule has 0 aromatic heterocycles. The molecule has 1 saturated heterocycles. The first kappa shape index (κ1) is 28.7. The number of aliphatic hydroxyl groups is 1. The van der Waals surface area contributed by atoms with Gasteiger partial charge in [0, 0.05) is 12.1 Å². The second-order valence-electron chi connectivity index (χ2n) is 9.40. The summed E-state index contributed by atoms with van der Waals surface area (Å²) in [6.45, 7) is 4.15. The molecule has 3 aromatic rings. The van der Waals surface area contributed by atoms with Gasteiger partial charge < -0.3 is 20.3 Å². The first-order valence-corrected chi connectivity index (χ1v) is 12.7. The summed E-state index contributed by atoms with van der Waals surface area (Å²) < 4.78 is 11.5. The van der Waals surface area contributed by atoms with Crippen molar-refractivity contribution < 1.29 is 19.4 Å². The predicted octanol–water partition coefficient (Wildman–Crippen LogP) is 4.22. The molecule has 0 spiro atoms. The van der Waals surface area contributed by atoms with Gasteiger partial charge in [-0.2, -0.15) is 13.5 Å². The van der Waals surface area contributed by atoms with E-state index in [9.17, 15) is 9.90 Å². The second-order valence-corrected chi connectivity index (χ2v) is 9.40. The molecule has 0 saturated carbocycles. The third-order valence-electron chi connectivity index (χ3n) is 6.76. The van der Waals surface area contributed by atoms with Crippen molar-refractivity contribution in [3.8, 4) is 5.75 Å². The summed E-state index contributed by atoms with van der Waals surface area (Å²) in [6, 6.07) is 26.4. The lowest BCUT2D eigenvalue weighted by Crippen LogP contribution is -2.40. The molecule has 7 heteroatoms. The van der Waals surface area contributed by atoms with Crippen LogP contribution in [0.1, 0.15) is 36.0 Å². The molecule has 0 aliphatic carbocycles. The quantitative estimate of drug-likeness (QED) is 0.290. The van der Waals surface area contributed by atoms with Gasteiger partial charge in [0.2, 0.25) is 5.60 Å². The van der Waals surface area contributed by atoms with E-state index in [2.05, 4.69) is 29.2 Å². The zero-order valence-corrected chi connectivity index (χ0v) is 22.2. The van der Waals surface area contributed by atoms with Crippen LogP contribution in [0.2, 0.25) is 0 Å². The number of hydrogen-bond acceptors (Lipinski definition) is 6. The van der Waals surface area contributed by atoms with Gasteiger partial charge in [0.1, 0.15) is 5.75 Å². The fourth-order valence-electron chi connectivity index (χ4n) is 4.62. The number of esters is 1. The molecule has 0 radical (unpaired) electrons. The van der Waals surface area contributed by atoms with Gasteiger partial charge in [-0.3, -0.25) is 4.90 Å². The molecular formula is C30H38N2O4S. The Kier molecular flexibility index (Phi) is 11.0. The van der Waals surface area contributed by atoms with Crippen LogP contribution >= 0.6 is 13.5 Å². The third-order valence-corrected chi connectivity index (χ3v) is 6.76. The number of nitrogens with zero attached hydrogens (tertiary/aromatic N) is 1. The highest BCUT2D eigenvalue weighted by molar-refractivity contribution is 7.59. The number of likely N-dealkylation sites (tertiary alicyclic amines) is 1. The molecule has 37 heavy (non-hydrogen) atoms. The van der Waals surface area contributed by atoms with Crippen molar-refractivity contribution in [3.05, 3.63) is 102 Å². The lowest BCUT2D eigenvalue weighted by molar-refractivity contribution is -0.164. The second kappa shape index (κ2) is 14.2. The topological polar surface area (TPSA) is 85.0 Å². The Bertz CT molecular complexity index is 1090. The van der Waals surface area contributed by atoms with Crippen LogP contribution in [0.25, 0.3) is 0 Å². The van der Waals surface area contributed by atoms with Crippen molar-refractivity contribution in [2.45, 2.75) is 31.4 Å². The minimum absolute atomic E-state index is 0. The number of rotatable bonds is 11. The molecule has 1 aliphatic heterocycles. The van der Waals surface area contributed by atoms with Gasteiger partial charge in [0.25, 0.3) is 0 Å². The summed E-state index contributed by atoms with van der Waals surface area (Å²) in [5.74, 6) is 0.181. The van der Waals surface area contributed by atoms with E-state index in [0.717, 1.165) is 38.9 Å². The van der Waals surface area contributed by atoms with Gasteiger partial charge in [0.05, 0.1) is 13.2 Å². The Morgan fingerprint density at radius 2 is 1.59 bits per heavy atom. The smallest absolute Gasteiger partial charge is 0.347 e. The summed E-state index contributed by atoms with van der Waals surface area (Å²) >= 11 is 0. The Morgan fingerprint density at radius 1 is 0.946 bits per heavy atom. The minimum Gasteiger partial charge on any atom is -0.494 e. The van der Waals surface area contributed by atoms with Crippen molar-refractivity contribution in [1.29, 1.82) is 0 Å². The van der Waals surface area contributed by atoms with Crippen molar-refractivity contribution in [2.75, 3.05) is 32.8 Å². The van der Waals surface area contributed by atoms with Crippen LogP contribution in [0.15, 0.2) is 84.9 Å². The number of ether oxygens (including phenoxy) is 2. The highest BCUT2D eigenvalue weighted by Gasteiger charge is 2.42. The number of hydrogen-bond donors (Lipinski definition) is 2. The molecule has 3 N–H and O–H groups in total. The van der Waals surface area contributed by atoms with E-state index in [1.54, 1.807) is 48.5 Å². The van der Waals surface area contributed by atoms with Crippen LogP contribution < -0.4 is 10.5 Å². The van der Waals surface area contributed by atoms with Gasteiger partial charge in [0.15, 0.2) is 0 Å². The fourth-order valence-corrected chi connectivity index (χ4v) is 4.62. The van der Waals surface area contributed by atoms with E-state index in [4.69, 9.17) is 15.2 Å². The molecular weight excluding hydrogens is 484 g/mol. The Morgan fingerprint density at radius 3 is 2.27 bits per heavy atom. The van der Waals surface area contributed by atoms with E-state index in [0.29, 0.717) is 36.6 Å². The normalized spacial score (nSPS) is 15.8. The molecule has 198 valence electrons.